The van der Waals surface area contributed by atoms with Crippen molar-refractivity contribution in [1.29, 1.82) is 0 Å². The molecule has 0 aliphatic rings. The van der Waals surface area contributed by atoms with Crippen LogP contribution in [0.1, 0.15) is 12.5 Å². The molecule has 132 valence electrons. The van der Waals surface area contributed by atoms with Crippen LogP contribution < -0.4 is 10.0 Å². The van der Waals surface area contributed by atoms with E-state index < -0.39 is 10.0 Å². The zero-order valence-electron chi connectivity index (χ0n) is 13.2. The number of nitrogens with zero attached hydrogens (tertiary/aromatic N) is 3. The van der Waals surface area contributed by atoms with E-state index in [1.807, 2.05) is 6.07 Å². The molecular weight excluding hydrogens is 385 g/mol. The van der Waals surface area contributed by atoms with Crippen molar-refractivity contribution in [3.05, 3.63) is 52.1 Å². The average molecular weight is 400 g/mol. The van der Waals surface area contributed by atoms with Crippen LogP contribution >= 0.6 is 23.2 Å². The van der Waals surface area contributed by atoms with E-state index >= 15 is 0 Å². The number of nitrogens with one attached hydrogen (secondary N) is 2. The summed E-state index contributed by atoms with van der Waals surface area (Å²) in [5, 5.41) is 8.50. The van der Waals surface area contributed by atoms with Crippen LogP contribution in [0.15, 0.2) is 36.5 Å². The van der Waals surface area contributed by atoms with Gasteiger partial charge in [0.2, 0.25) is 10.0 Å². The van der Waals surface area contributed by atoms with Crippen molar-refractivity contribution in [3.8, 4) is 0 Å². The first-order valence-electron chi connectivity index (χ1n) is 7.41. The second-order valence-corrected chi connectivity index (χ2v) is 8.06. The van der Waals surface area contributed by atoms with Crippen LogP contribution in [-0.4, -0.2) is 28.8 Å². The summed E-state index contributed by atoms with van der Waals surface area (Å²) in [5.41, 5.74) is 1.47. The fraction of sp³-hybridized carbons (Fsp3) is 0.200. The molecule has 0 bridgehead atoms. The van der Waals surface area contributed by atoms with Gasteiger partial charge in [-0.25, -0.2) is 13.4 Å². The van der Waals surface area contributed by atoms with Gasteiger partial charge in [-0.2, -0.15) is 4.52 Å². The Bertz CT molecular complexity index is 1020. The predicted octanol–water partition coefficient (Wildman–Crippen LogP) is 3.41. The van der Waals surface area contributed by atoms with Crippen LogP contribution in [0.5, 0.6) is 0 Å². The molecule has 0 aliphatic heterocycles. The van der Waals surface area contributed by atoms with E-state index in [2.05, 4.69) is 20.1 Å². The summed E-state index contributed by atoms with van der Waals surface area (Å²) >= 11 is 11.9. The van der Waals surface area contributed by atoms with Gasteiger partial charge in [-0.05, 0) is 36.8 Å². The SMILES string of the molecule is CCS(=O)(=O)Nc1cnc2ccc(NCc3ccc(Cl)c(Cl)c3)nn12. The molecule has 0 atom stereocenters. The lowest BCUT2D eigenvalue weighted by Gasteiger charge is -2.08. The lowest BCUT2D eigenvalue weighted by molar-refractivity contribution is 0.602. The first kappa shape index (κ1) is 17.8. The van der Waals surface area contributed by atoms with Gasteiger partial charge in [0.25, 0.3) is 0 Å². The van der Waals surface area contributed by atoms with Gasteiger partial charge in [-0.15, -0.1) is 5.10 Å². The molecule has 0 aliphatic carbocycles. The predicted molar refractivity (Wildman–Crippen MR) is 99.9 cm³/mol. The minimum absolute atomic E-state index is 0.0322. The smallest absolute Gasteiger partial charge is 0.233 e. The molecule has 0 saturated carbocycles. The van der Waals surface area contributed by atoms with E-state index in [1.54, 1.807) is 31.2 Å². The van der Waals surface area contributed by atoms with Crippen LogP contribution in [0, 0.1) is 0 Å². The molecular formula is C15H15Cl2N5O2S. The normalized spacial score (nSPS) is 11.6. The van der Waals surface area contributed by atoms with Crippen LogP contribution in [0.2, 0.25) is 10.0 Å². The summed E-state index contributed by atoms with van der Waals surface area (Å²) < 4.78 is 27.4. The van der Waals surface area contributed by atoms with Gasteiger partial charge in [0, 0.05) is 6.54 Å². The van der Waals surface area contributed by atoms with Crippen LogP contribution in [0.25, 0.3) is 5.65 Å². The summed E-state index contributed by atoms with van der Waals surface area (Å²) in [6.07, 6.45) is 1.43. The number of imidazole rings is 1. The van der Waals surface area contributed by atoms with Crippen molar-refractivity contribution in [1.82, 2.24) is 14.6 Å². The molecule has 0 radical (unpaired) electrons. The maximum Gasteiger partial charge on any atom is 0.233 e. The summed E-state index contributed by atoms with van der Waals surface area (Å²) in [7, 11) is -3.41. The first-order valence-corrected chi connectivity index (χ1v) is 9.82. The van der Waals surface area contributed by atoms with Gasteiger partial charge in [-0.3, -0.25) is 4.72 Å². The lowest BCUT2D eigenvalue weighted by Crippen LogP contribution is -2.16. The van der Waals surface area contributed by atoms with Gasteiger partial charge in [0.05, 0.1) is 22.0 Å². The van der Waals surface area contributed by atoms with Gasteiger partial charge >= 0.3 is 0 Å². The van der Waals surface area contributed by atoms with Crippen LogP contribution in [0.3, 0.4) is 0 Å². The van der Waals surface area contributed by atoms with Crippen molar-refractivity contribution in [2.75, 3.05) is 15.8 Å². The van der Waals surface area contributed by atoms with E-state index in [0.717, 1.165) is 5.56 Å². The highest BCUT2D eigenvalue weighted by molar-refractivity contribution is 7.92. The fourth-order valence-corrected chi connectivity index (χ4v) is 3.03. The van der Waals surface area contributed by atoms with E-state index in [9.17, 15) is 8.42 Å². The highest BCUT2D eigenvalue weighted by Gasteiger charge is 2.12. The van der Waals surface area contributed by atoms with Gasteiger partial charge in [-0.1, -0.05) is 29.3 Å². The molecule has 3 rings (SSSR count). The number of sulfonamides is 1. The van der Waals surface area contributed by atoms with Crippen molar-refractivity contribution >= 4 is 50.5 Å². The van der Waals surface area contributed by atoms with Crippen LogP contribution in [-0.2, 0) is 16.6 Å². The molecule has 2 aromatic heterocycles. The fourth-order valence-electron chi connectivity index (χ4n) is 2.11. The molecule has 3 aromatic rings. The molecule has 0 fully saturated rings. The number of aromatic nitrogens is 3. The van der Waals surface area contributed by atoms with Crippen LogP contribution in [0.4, 0.5) is 11.6 Å². The molecule has 2 N–H and O–H groups in total. The standard InChI is InChI=1S/C15H15Cl2N5O2S/c1-2-25(23,24)21-15-9-19-14-6-5-13(20-22(14)15)18-8-10-3-4-11(16)12(17)7-10/h3-7,9,21H,2,8H2,1H3,(H,18,20). The zero-order valence-corrected chi connectivity index (χ0v) is 15.5. The Morgan fingerprint density at radius 1 is 1.16 bits per heavy atom. The molecule has 0 unspecified atom stereocenters. The second-order valence-electron chi connectivity index (χ2n) is 5.24. The van der Waals surface area contributed by atoms with E-state index in [0.29, 0.717) is 28.1 Å². The number of halogens is 2. The summed E-state index contributed by atoms with van der Waals surface area (Å²) in [5.74, 6) is 0.818. The number of hydrogen-bond acceptors (Lipinski definition) is 5. The number of hydrogen-bond donors (Lipinski definition) is 2. The largest absolute Gasteiger partial charge is 0.365 e. The average Bonchev–Trinajstić information content (AvgIpc) is 2.97. The third-order valence-electron chi connectivity index (χ3n) is 3.46. The molecule has 2 heterocycles. The third kappa shape index (κ3) is 4.15. The Morgan fingerprint density at radius 2 is 1.96 bits per heavy atom. The quantitative estimate of drug-likeness (QED) is 0.662. The Balaban J connectivity index is 1.81. The lowest BCUT2D eigenvalue weighted by atomic mass is 10.2. The molecule has 10 heteroatoms. The Morgan fingerprint density at radius 3 is 2.68 bits per heavy atom. The highest BCUT2D eigenvalue weighted by atomic mass is 35.5. The van der Waals surface area contributed by atoms with Crippen molar-refractivity contribution in [3.63, 3.8) is 0 Å². The first-order chi connectivity index (χ1) is 11.9. The van der Waals surface area contributed by atoms with Gasteiger partial charge in [0.15, 0.2) is 11.5 Å². The molecule has 1 aromatic carbocycles. The number of rotatable bonds is 6. The summed E-state index contributed by atoms with van der Waals surface area (Å²) in [6.45, 7) is 2.04. The summed E-state index contributed by atoms with van der Waals surface area (Å²) in [6, 6.07) is 8.86. The molecule has 25 heavy (non-hydrogen) atoms. The highest BCUT2D eigenvalue weighted by Crippen LogP contribution is 2.23. The zero-order chi connectivity index (χ0) is 18.0. The molecule has 7 nitrogen and oxygen atoms in total. The maximum absolute atomic E-state index is 11.7. The summed E-state index contributed by atoms with van der Waals surface area (Å²) in [4.78, 5) is 4.13. The third-order valence-corrected chi connectivity index (χ3v) is 5.48. The topological polar surface area (TPSA) is 88.4 Å². The van der Waals surface area contributed by atoms with E-state index in [4.69, 9.17) is 23.2 Å². The number of fused-ring (bicyclic) bond motifs is 1. The molecule has 0 amide bonds. The number of anilines is 2. The monoisotopic (exact) mass is 399 g/mol. The van der Waals surface area contributed by atoms with E-state index in [1.165, 1.54) is 10.7 Å². The van der Waals surface area contributed by atoms with Crippen molar-refractivity contribution in [2.24, 2.45) is 0 Å². The second kappa shape index (κ2) is 7.07. The minimum atomic E-state index is -3.41. The van der Waals surface area contributed by atoms with Gasteiger partial charge in [0.1, 0.15) is 5.82 Å². The molecule has 0 spiro atoms. The molecule has 0 saturated heterocycles. The minimum Gasteiger partial charge on any atom is -0.365 e. The Hall–Kier alpha value is -2.03. The maximum atomic E-state index is 11.7. The number of benzene rings is 1. The Labute approximate surface area is 155 Å². The van der Waals surface area contributed by atoms with Crippen molar-refractivity contribution in [2.45, 2.75) is 13.5 Å². The Kier molecular flexibility index (Phi) is 5.03. The van der Waals surface area contributed by atoms with E-state index in [-0.39, 0.29) is 11.6 Å². The van der Waals surface area contributed by atoms with Gasteiger partial charge < -0.3 is 5.32 Å². The van der Waals surface area contributed by atoms with Crippen molar-refractivity contribution < 1.29 is 8.42 Å².